The Morgan fingerprint density at radius 2 is 1.89 bits per heavy atom. The van der Waals surface area contributed by atoms with Crippen LogP contribution in [0.2, 0.25) is 0 Å². The molecule has 0 saturated carbocycles. The van der Waals surface area contributed by atoms with E-state index in [2.05, 4.69) is 20.4 Å². The van der Waals surface area contributed by atoms with Crippen molar-refractivity contribution >= 4 is 17.5 Å². The Hall–Kier alpha value is -3.74. The van der Waals surface area contributed by atoms with E-state index in [4.69, 9.17) is 4.74 Å². The highest BCUT2D eigenvalue weighted by atomic mass is 16.5. The molecule has 0 unspecified atom stereocenters. The van der Waals surface area contributed by atoms with Crippen LogP contribution >= 0.6 is 0 Å². The van der Waals surface area contributed by atoms with E-state index in [0.29, 0.717) is 11.6 Å². The number of carbonyl (C=O) groups excluding carboxylic acids is 1. The summed E-state index contributed by atoms with van der Waals surface area (Å²) in [6.07, 6.45) is 1.65. The van der Waals surface area contributed by atoms with Crippen LogP contribution in [0, 0.1) is 0 Å². The lowest BCUT2D eigenvalue weighted by Gasteiger charge is -2.09. The number of hydrogen-bond acceptors (Lipinski definition) is 5. The molecular weight excluding hydrogens is 342 g/mol. The number of anilines is 1. The number of ether oxygens (including phenoxy) is 1. The van der Waals surface area contributed by atoms with Crippen LogP contribution in [0.1, 0.15) is 5.56 Å². The van der Waals surface area contributed by atoms with E-state index in [1.165, 1.54) is 10.8 Å². The summed E-state index contributed by atoms with van der Waals surface area (Å²) in [4.78, 5) is 21.2. The highest BCUT2D eigenvalue weighted by Gasteiger charge is 2.12. The Kier molecular flexibility index (Phi) is 4.49. The number of aromatic nitrogens is 4. The van der Waals surface area contributed by atoms with Gasteiger partial charge < -0.3 is 10.1 Å². The molecule has 0 aliphatic rings. The number of benzene rings is 2. The monoisotopic (exact) mass is 359 g/mol. The fourth-order valence-electron chi connectivity index (χ4n) is 2.77. The molecule has 134 valence electrons. The average molecular weight is 359 g/mol. The summed E-state index contributed by atoms with van der Waals surface area (Å²) in [6, 6.07) is 18.9. The fraction of sp³-hybridized carbons (Fsp3) is 0.100. The molecule has 0 aliphatic carbocycles. The largest absolute Gasteiger partial charge is 0.497 e. The van der Waals surface area contributed by atoms with Gasteiger partial charge >= 0.3 is 0 Å². The molecule has 0 aliphatic heterocycles. The van der Waals surface area contributed by atoms with Gasteiger partial charge in [-0.25, -0.2) is 4.98 Å². The molecule has 0 spiro atoms. The lowest BCUT2D eigenvalue weighted by molar-refractivity contribution is -0.115. The molecule has 4 rings (SSSR count). The zero-order valence-electron chi connectivity index (χ0n) is 14.7. The minimum absolute atomic E-state index is 0.151. The number of rotatable bonds is 5. The van der Waals surface area contributed by atoms with Crippen molar-refractivity contribution in [3.05, 3.63) is 72.6 Å². The fourth-order valence-corrected chi connectivity index (χ4v) is 2.77. The first-order valence-corrected chi connectivity index (χ1v) is 8.42. The van der Waals surface area contributed by atoms with E-state index in [0.717, 1.165) is 22.6 Å². The quantitative estimate of drug-likeness (QED) is 0.592. The molecule has 4 aromatic rings. The standard InChI is InChI=1S/C20H17N5O2/c1-27-16-9-7-14(8-10-16)11-19(26)24-18-12-17(15-5-3-2-4-6-15)23-20-21-13-22-25(18)20/h2-10,12-13H,11H2,1H3,(H,24,26). The first-order valence-electron chi connectivity index (χ1n) is 8.42. The Morgan fingerprint density at radius 1 is 1.11 bits per heavy atom. The number of carbonyl (C=O) groups is 1. The number of nitrogens with one attached hydrogen (secondary N) is 1. The molecule has 1 N–H and O–H groups in total. The molecule has 0 atom stereocenters. The van der Waals surface area contributed by atoms with Gasteiger partial charge in [-0.2, -0.15) is 14.6 Å². The summed E-state index contributed by atoms with van der Waals surface area (Å²) in [5.41, 5.74) is 2.55. The van der Waals surface area contributed by atoms with Crippen LogP contribution < -0.4 is 10.1 Å². The molecule has 27 heavy (non-hydrogen) atoms. The number of fused-ring (bicyclic) bond motifs is 1. The average Bonchev–Trinajstić information content (AvgIpc) is 3.18. The van der Waals surface area contributed by atoms with Crippen molar-refractivity contribution < 1.29 is 9.53 Å². The van der Waals surface area contributed by atoms with Gasteiger partial charge in [0.1, 0.15) is 17.9 Å². The molecule has 0 bridgehead atoms. The third-order valence-electron chi connectivity index (χ3n) is 4.11. The van der Waals surface area contributed by atoms with Crippen molar-refractivity contribution in [2.75, 3.05) is 12.4 Å². The maximum Gasteiger partial charge on any atom is 0.254 e. The van der Waals surface area contributed by atoms with Gasteiger partial charge in [-0.15, -0.1) is 0 Å². The van der Waals surface area contributed by atoms with Crippen molar-refractivity contribution in [3.63, 3.8) is 0 Å². The van der Waals surface area contributed by atoms with Gasteiger partial charge in [0.25, 0.3) is 5.78 Å². The number of nitrogens with zero attached hydrogens (tertiary/aromatic N) is 4. The molecule has 0 fully saturated rings. The molecule has 1 amide bonds. The highest BCUT2D eigenvalue weighted by Crippen LogP contribution is 2.21. The first kappa shape index (κ1) is 16.7. The van der Waals surface area contributed by atoms with Crippen LogP contribution in [-0.2, 0) is 11.2 Å². The number of hydrogen-bond donors (Lipinski definition) is 1. The van der Waals surface area contributed by atoms with Crippen molar-refractivity contribution in [1.82, 2.24) is 19.6 Å². The minimum atomic E-state index is -0.151. The predicted octanol–water partition coefficient (Wildman–Crippen LogP) is 2.98. The smallest absolute Gasteiger partial charge is 0.254 e. The Labute approximate surface area is 155 Å². The van der Waals surface area contributed by atoms with Gasteiger partial charge in [0.2, 0.25) is 5.91 Å². The molecule has 2 heterocycles. The molecule has 2 aromatic heterocycles. The van der Waals surface area contributed by atoms with E-state index in [9.17, 15) is 4.79 Å². The molecule has 0 saturated heterocycles. The summed E-state index contributed by atoms with van der Waals surface area (Å²) in [5.74, 6) is 1.55. The Morgan fingerprint density at radius 3 is 2.63 bits per heavy atom. The number of amides is 1. The van der Waals surface area contributed by atoms with Gasteiger partial charge in [0, 0.05) is 11.6 Å². The first-order chi connectivity index (χ1) is 13.2. The summed E-state index contributed by atoms with van der Waals surface area (Å²) < 4.78 is 6.65. The maximum atomic E-state index is 12.5. The second-order valence-electron chi connectivity index (χ2n) is 5.94. The summed E-state index contributed by atoms with van der Waals surface area (Å²) in [5, 5.41) is 7.06. The summed E-state index contributed by atoms with van der Waals surface area (Å²) >= 11 is 0. The molecular formula is C20H17N5O2. The maximum absolute atomic E-state index is 12.5. The molecule has 0 radical (unpaired) electrons. The Bertz CT molecular complexity index is 1070. The van der Waals surface area contributed by atoms with Crippen LogP contribution in [0.4, 0.5) is 5.82 Å². The third-order valence-corrected chi connectivity index (χ3v) is 4.11. The van der Waals surface area contributed by atoms with Gasteiger partial charge in [0.05, 0.1) is 19.2 Å². The third kappa shape index (κ3) is 3.62. The van der Waals surface area contributed by atoms with E-state index in [1.807, 2.05) is 54.6 Å². The SMILES string of the molecule is COc1ccc(CC(=O)Nc2cc(-c3ccccc3)nc3ncnn23)cc1. The second-order valence-corrected chi connectivity index (χ2v) is 5.94. The van der Waals surface area contributed by atoms with Crippen LogP contribution in [0.25, 0.3) is 17.0 Å². The molecule has 7 heteroatoms. The van der Waals surface area contributed by atoms with Crippen LogP contribution in [-0.4, -0.2) is 32.6 Å². The van der Waals surface area contributed by atoms with E-state index < -0.39 is 0 Å². The van der Waals surface area contributed by atoms with Crippen molar-refractivity contribution in [1.29, 1.82) is 0 Å². The normalized spacial score (nSPS) is 10.7. The van der Waals surface area contributed by atoms with Gasteiger partial charge in [0.15, 0.2) is 0 Å². The van der Waals surface area contributed by atoms with Crippen LogP contribution in [0.5, 0.6) is 5.75 Å². The van der Waals surface area contributed by atoms with Gasteiger partial charge in [-0.1, -0.05) is 42.5 Å². The summed E-state index contributed by atoms with van der Waals surface area (Å²) in [6.45, 7) is 0. The minimum Gasteiger partial charge on any atom is -0.497 e. The zero-order chi connectivity index (χ0) is 18.6. The van der Waals surface area contributed by atoms with Gasteiger partial charge in [-0.3, -0.25) is 4.79 Å². The Balaban J connectivity index is 1.60. The molecule has 7 nitrogen and oxygen atoms in total. The van der Waals surface area contributed by atoms with E-state index in [1.54, 1.807) is 13.2 Å². The van der Waals surface area contributed by atoms with E-state index >= 15 is 0 Å². The topological polar surface area (TPSA) is 81.4 Å². The number of methoxy groups -OCH3 is 1. The lowest BCUT2D eigenvalue weighted by Crippen LogP contribution is -2.17. The molecule has 2 aromatic carbocycles. The summed E-state index contributed by atoms with van der Waals surface area (Å²) in [7, 11) is 1.61. The van der Waals surface area contributed by atoms with E-state index in [-0.39, 0.29) is 12.3 Å². The van der Waals surface area contributed by atoms with Crippen molar-refractivity contribution in [3.8, 4) is 17.0 Å². The lowest BCUT2D eigenvalue weighted by atomic mass is 10.1. The van der Waals surface area contributed by atoms with Crippen LogP contribution in [0.3, 0.4) is 0 Å². The second kappa shape index (κ2) is 7.25. The van der Waals surface area contributed by atoms with Gasteiger partial charge in [-0.05, 0) is 17.7 Å². The predicted molar refractivity (Wildman–Crippen MR) is 102 cm³/mol. The van der Waals surface area contributed by atoms with Crippen molar-refractivity contribution in [2.45, 2.75) is 6.42 Å². The zero-order valence-corrected chi connectivity index (χ0v) is 14.7. The van der Waals surface area contributed by atoms with Crippen LogP contribution in [0.15, 0.2) is 67.0 Å². The van der Waals surface area contributed by atoms with Crippen molar-refractivity contribution in [2.24, 2.45) is 0 Å². The highest BCUT2D eigenvalue weighted by molar-refractivity contribution is 5.92.